The number of hydrogen-bond acceptors (Lipinski definition) is 3. The third kappa shape index (κ3) is 6.24. The summed E-state index contributed by atoms with van der Waals surface area (Å²) in [5.74, 6) is -0.942. The first-order valence-electron chi connectivity index (χ1n) is 7.62. The van der Waals surface area contributed by atoms with E-state index in [2.05, 4.69) is 11.4 Å². The second kappa shape index (κ2) is 8.94. The number of benzene rings is 1. The van der Waals surface area contributed by atoms with Crippen molar-refractivity contribution in [2.45, 2.75) is 32.1 Å². The van der Waals surface area contributed by atoms with Gasteiger partial charge in [0.15, 0.2) is 6.61 Å². The molecule has 0 radical (unpaired) electrons. The fourth-order valence-corrected chi connectivity index (χ4v) is 2.96. The van der Waals surface area contributed by atoms with Gasteiger partial charge in [-0.25, -0.2) is 4.79 Å². The average Bonchev–Trinajstić information content (AvgIpc) is 2.52. The molecule has 1 aromatic rings. The minimum absolute atomic E-state index is 0.225. The van der Waals surface area contributed by atoms with E-state index in [4.69, 9.17) is 27.9 Å². The lowest BCUT2D eigenvalue weighted by Gasteiger charge is -2.13. The first-order chi connectivity index (χ1) is 11.0. The van der Waals surface area contributed by atoms with Crippen molar-refractivity contribution in [2.24, 2.45) is 0 Å². The van der Waals surface area contributed by atoms with E-state index >= 15 is 0 Å². The quantitative estimate of drug-likeness (QED) is 0.615. The number of hydrogen-bond donors (Lipinski definition) is 1. The summed E-state index contributed by atoms with van der Waals surface area (Å²) in [6, 6.07) is 4.42. The summed E-state index contributed by atoms with van der Waals surface area (Å²) >= 11 is 11.6. The molecule has 0 unspecified atom stereocenters. The van der Waals surface area contributed by atoms with Gasteiger partial charge in [-0.2, -0.15) is 0 Å². The van der Waals surface area contributed by atoms with Gasteiger partial charge in [0.2, 0.25) is 0 Å². The Morgan fingerprint density at radius 2 is 1.87 bits per heavy atom. The van der Waals surface area contributed by atoms with Gasteiger partial charge in [-0.15, -0.1) is 0 Å². The van der Waals surface area contributed by atoms with Crippen LogP contribution >= 0.6 is 23.2 Å². The minimum atomic E-state index is -0.625. The molecule has 0 aromatic heterocycles. The van der Waals surface area contributed by atoms with Crippen LogP contribution in [-0.4, -0.2) is 25.0 Å². The molecule has 0 aliphatic heterocycles. The summed E-state index contributed by atoms with van der Waals surface area (Å²) in [6.07, 6.45) is 7.81. The Bertz CT molecular complexity index is 594. The van der Waals surface area contributed by atoms with Crippen molar-refractivity contribution in [2.75, 3.05) is 13.2 Å². The molecule has 0 spiro atoms. The van der Waals surface area contributed by atoms with Crippen molar-refractivity contribution in [3.63, 3.8) is 0 Å². The van der Waals surface area contributed by atoms with Crippen molar-refractivity contribution < 1.29 is 14.3 Å². The van der Waals surface area contributed by atoms with Crippen LogP contribution in [0.3, 0.4) is 0 Å². The van der Waals surface area contributed by atoms with Crippen LogP contribution in [0, 0.1) is 0 Å². The lowest BCUT2D eigenvalue weighted by Crippen LogP contribution is -2.29. The van der Waals surface area contributed by atoms with Gasteiger partial charge in [-0.3, -0.25) is 4.79 Å². The molecule has 1 aromatic carbocycles. The number of esters is 1. The maximum absolute atomic E-state index is 11.8. The summed E-state index contributed by atoms with van der Waals surface area (Å²) in [6.45, 7) is 0.243. The van der Waals surface area contributed by atoms with E-state index in [0.717, 1.165) is 19.3 Å². The first-order valence-corrected chi connectivity index (χ1v) is 8.38. The van der Waals surface area contributed by atoms with E-state index in [9.17, 15) is 9.59 Å². The number of carbonyl (C=O) groups excluding carboxylic acids is 2. The monoisotopic (exact) mass is 355 g/mol. The maximum Gasteiger partial charge on any atom is 0.338 e. The lowest BCUT2D eigenvalue weighted by molar-refractivity contribution is -0.124. The Balaban J connectivity index is 1.71. The summed E-state index contributed by atoms with van der Waals surface area (Å²) in [5, 5.41) is 3.43. The van der Waals surface area contributed by atoms with Crippen LogP contribution in [0.4, 0.5) is 0 Å². The first kappa shape index (κ1) is 17.8. The molecule has 2 rings (SSSR count). The molecule has 1 N–H and O–H groups in total. The van der Waals surface area contributed by atoms with Crippen LogP contribution in [-0.2, 0) is 9.53 Å². The highest BCUT2D eigenvalue weighted by Crippen LogP contribution is 2.20. The molecule has 0 atom stereocenters. The molecule has 0 saturated heterocycles. The van der Waals surface area contributed by atoms with Crippen LogP contribution in [0.1, 0.15) is 42.5 Å². The van der Waals surface area contributed by atoms with Crippen LogP contribution in [0.25, 0.3) is 0 Å². The van der Waals surface area contributed by atoms with Crippen molar-refractivity contribution in [3.05, 3.63) is 45.5 Å². The van der Waals surface area contributed by atoms with E-state index in [1.807, 2.05) is 0 Å². The number of nitrogens with one attached hydrogen (secondary N) is 1. The molecule has 0 bridgehead atoms. The van der Waals surface area contributed by atoms with E-state index in [1.54, 1.807) is 0 Å². The Hall–Kier alpha value is -1.52. The number of amides is 1. The normalized spacial score (nSPS) is 14.1. The fraction of sp³-hybridized carbons (Fsp3) is 0.412. The Morgan fingerprint density at radius 1 is 1.13 bits per heavy atom. The molecule has 6 heteroatoms. The number of carbonyl (C=O) groups is 2. The van der Waals surface area contributed by atoms with Crippen molar-refractivity contribution in [3.8, 4) is 0 Å². The van der Waals surface area contributed by atoms with Crippen LogP contribution in [0.2, 0.25) is 10.0 Å². The molecule has 0 saturated carbocycles. The molecule has 124 valence electrons. The molecule has 23 heavy (non-hydrogen) atoms. The van der Waals surface area contributed by atoms with E-state index in [-0.39, 0.29) is 18.1 Å². The Morgan fingerprint density at radius 3 is 2.52 bits per heavy atom. The smallest absolute Gasteiger partial charge is 0.338 e. The average molecular weight is 356 g/mol. The molecule has 1 aliphatic rings. The summed E-state index contributed by atoms with van der Waals surface area (Å²) in [5.41, 5.74) is 1.62. The highest BCUT2D eigenvalue weighted by molar-refractivity contribution is 6.35. The van der Waals surface area contributed by atoms with Crippen LogP contribution in [0.15, 0.2) is 29.8 Å². The van der Waals surface area contributed by atoms with Gasteiger partial charge in [0.25, 0.3) is 5.91 Å². The Kier molecular flexibility index (Phi) is 6.93. The predicted molar refractivity (Wildman–Crippen MR) is 90.9 cm³/mol. The topological polar surface area (TPSA) is 55.4 Å². The molecule has 1 amide bonds. The van der Waals surface area contributed by atoms with Gasteiger partial charge in [0, 0.05) is 16.6 Å². The largest absolute Gasteiger partial charge is 0.452 e. The van der Waals surface area contributed by atoms with Gasteiger partial charge in [-0.05, 0) is 50.3 Å². The molecular weight excluding hydrogens is 337 g/mol. The fourth-order valence-electron chi connectivity index (χ4n) is 2.43. The second-order valence-corrected chi connectivity index (χ2v) is 6.32. The van der Waals surface area contributed by atoms with Crippen LogP contribution in [0.5, 0.6) is 0 Å². The molecule has 4 nitrogen and oxygen atoms in total. The number of rotatable bonds is 6. The van der Waals surface area contributed by atoms with Crippen molar-refractivity contribution >= 4 is 35.1 Å². The standard InChI is InChI=1S/C17H19Cl2NO3/c18-14-8-13(9-15(19)10-14)17(22)23-11-16(21)20-7-6-12-4-2-1-3-5-12/h4,8-10H,1-3,5-7,11H2,(H,20,21). The van der Waals surface area contributed by atoms with Gasteiger partial charge in [-0.1, -0.05) is 34.9 Å². The van der Waals surface area contributed by atoms with Crippen molar-refractivity contribution in [1.82, 2.24) is 5.32 Å². The lowest BCUT2D eigenvalue weighted by atomic mass is 9.97. The molecule has 0 fully saturated rings. The maximum atomic E-state index is 11.8. The summed E-state index contributed by atoms with van der Waals surface area (Å²) in [7, 11) is 0. The number of allylic oxidation sites excluding steroid dienone is 1. The number of halogens is 2. The zero-order valence-electron chi connectivity index (χ0n) is 12.7. The molecule has 1 aliphatic carbocycles. The number of ether oxygens (including phenoxy) is 1. The Labute approximate surface area is 145 Å². The zero-order chi connectivity index (χ0) is 16.7. The van der Waals surface area contributed by atoms with E-state index in [0.29, 0.717) is 16.6 Å². The molecule has 0 heterocycles. The van der Waals surface area contributed by atoms with Gasteiger partial charge in [0.1, 0.15) is 0 Å². The van der Waals surface area contributed by atoms with Gasteiger partial charge < -0.3 is 10.1 Å². The van der Waals surface area contributed by atoms with Crippen molar-refractivity contribution in [1.29, 1.82) is 0 Å². The van der Waals surface area contributed by atoms with E-state index < -0.39 is 5.97 Å². The third-order valence-corrected chi connectivity index (χ3v) is 4.02. The summed E-state index contributed by atoms with van der Waals surface area (Å²) in [4.78, 5) is 23.5. The highest BCUT2D eigenvalue weighted by atomic mass is 35.5. The molecular formula is C17H19Cl2NO3. The SMILES string of the molecule is O=C(COC(=O)c1cc(Cl)cc(Cl)c1)NCCC1=CCCCC1. The minimum Gasteiger partial charge on any atom is -0.452 e. The zero-order valence-corrected chi connectivity index (χ0v) is 14.3. The second-order valence-electron chi connectivity index (χ2n) is 5.44. The van der Waals surface area contributed by atoms with Gasteiger partial charge >= 0.3 is 5.97 Å². The van der Waals surface area contributed by atoms with Gasteiger partial charge in [0.05, 0.1) is 5.56 Å². The summed E-state index contributed by atoms with van der Waals surface area (Å²) < 4.78 is 4.96. The predicted octanol–water partition coefficient (Wildman–Crippen LogP) is 4.16. The highest BCUT2D eigenvalue weighted by Gasteiger charge is 2.12. The third-order valence-electron chi connectivity index (χ3n) is 3.59. The van der Waals surface area contributed by atoms with Crippen LogP contribution < -0.4 is 5.32 Å². The van der Waals surface area contributed by atoms with E-state index in [1.165, 1.54) is 36.6 Å².